The first-order chi connectivity index (χ1) is 17.1. The average Bonchev–Trinajstić information content (AvgIpc) is 3.24. The van der Waals surface area contributed by atoms with Gasteiger partial charge in [0, 0.05) is 13.1 Å². The predicted molar refractivity (Wildman–Crippen MR) is 134 cm³/mol. The maximum Gasteiger partial charge on any atom is 0.233 e. The molecule has 1 heterocycles. The Morgan fingerprint density at radius 3 is 2.31 bits per heavy atom. The molecule has 35 heavy (non-hydrogen) atoms. The first-order valence-corrected chi connectivity index (χ1v) is 12.1. The Hall–Kier alpha value is -3.85. The Kier molecular flexibility index (Phi) is 8.34. The van der Waals surface area contributed by atoms with Crippen LogP contribution in [0.25, 0.3) is 0 Å². The van der Waals surface area contributed by atoms with Crippen molar-refractivity contribution in [3.8, 4) is 5.75 Å². The van der Waals surface area contributed by atoms with Gasteiger partial charge in [0.2, 0.25) is 11.1 Å². The third-order valence-corrected chi connectivity index (χ3v) is 6.26. The molecule has 0 saturated carbocycles. The maximum atomic E-state index is 13.8. The normalized spacial score (nSPS) is 10.8. The van der Waals surface area contributed by atoms with E-state index < -0.39 is 5.82 Å². The summed E-state index contributed by atoms with van der Waals surface area (Å²) in [7, 11) is 0. The molecule has 0 bridgehead atoms. The zero-order valence-electron chi connectivity index (χ0n) is 19.1. The van der Waals surface area contributed by atoms with Crippen molar-refractivity contribution in [1.82, 2.24) is 19.8 Å². The Labute approximate surface area is 207 Å². The van der Waals surface area contributed by atoms with Gasteiger partial charge in [-0.25, -0.2) is 9.07 Å². The molecule has 7 nitrogen and oxygen atoms in total. The van der Waals surface area contributed by atoms with Crippen LogP contribution in [0.1, 0.15) is 17.0 Å². The van der Waals surface area contributed by atoms with Gasteiger partial charge in [-0.2, -0.15) is 0 Å². The van der Waals surface area contributed by atoms with Crippen LogP contribution < -0.4 is 10.6 Å². The fourth-order valence-corrected chi connectivity index (χ4v) is 4.21. The minimum absolute atomic E-state index is 0.0260. The van der Waals surface area contributed by atoms with Gasteiger partial charge in [-0.15, -0.1) is 10.2 Å². The van der Waals surface area contributed by atoms with Gasteiger partial charge in [-0.3, -0.25) is 4.79 Å². The summed E-state index contributed by atoms with van der Waals surface area (Å²) >= 11 is 1.20. The highest BCUT2D eigenvalue weighted by Gasteiger charge is 2.18. The van der Waals surface area contributed by atoms with E-state index in [2.05, 4.69) is 22.3 Å². The number of nitrogen functional groups attached to an aromatic ring is 1. The number of thioether (sulfide) groups is 1. The minimum atomic E-state index is -0.468. The molecule has 4 aromatic rings. The molecule has 0 fully saturated rings. The van der Waals surface area contributed by atoms with E-state index in [1.54, 1.807) is 12.1 Å². The zero-order valence-corrected chi connectivity index (χ0v) is 19.9. The maximum absolute atomic E-state index is 13.8. The standard InChI is InChI=1S/C26H26FN5O2S/c27-22-13-7-8-14-23(22)34-18-24-29-30-26(32(24)28)35-19-25(33)31(17-21-11-5-2-6-12-21)16-15-20-9-3-1-4-10-20/h1-14H,15-19,28H2. The lowest BCUT2D eigenvalue weighted by molar-refractivity contribution is -0.128. The van der Waals surface area contributed by atoms with Gasteiger partial charge in [0.05, 0.1) is 5.75 Å². The number of ether oxygens (including phenoxy) is 1. The van der Waals surface area contributed by atoms with E-state index in [1.807, 2.05) is 53.4 Å². The second-order valence-electron chi connectivity index (χ2n) is 7.81. The van der Waals surface area contributed by atoms with Crippen molar-refractivity contribution in [2.45, 2.75) is 24.7 Å². The molecule has 1 amide bonds. The second-order valence-corrected chi connectivity index (χ2v) is 8.76. The van der Waals surface area contributed by atoms with Crippen molar-refractivity contribution in [1.29, 1.82) is 0 Å². The fraction of sp³-hybridized carbons (Fsp3) is 0.192. The number of nitrogens with two attached hydrogens (primary N) is 1. The van der Waals surface area contributed by atoms with Crippen LogP contribution in [0.4, 0.5) is 4.39 Å². The largest absolute Gasteiger partial charge is 0.482 e. The first-order valence-electron chi connectivity index (χ1n) is 11.2. The van der Waals surface area contributed by atoms with Crippen LogP contribution in [-0.2, 0) is 24.4 Å². The summed E-state index contributed by atoms with van der Waals surface area (Å²) in [6.07, 6.45) is 0.759. The molecule has 1 aromatic heterocycles. The third kappa shape index (κ3) is 6.83. The number of carbonyl (C=O) groups excluding carboxylic acids is 1. The number of benzene rings is 3. The van der Waals surface area contributed by atoms with Crippen molar-refractivity contribution in [2.24, 2.45) is 0 Å². The topological polar surface area (TPSA) is 86.3 Å². The minimum Gasteiger partial charge on any atom is -0.482 e. The number of para-hydroxylation sites is 1. The molecular formula is C26H26FN5O2S. The molecule has 0 spiro atoms. The van der Waals surface area contributed by atoms with Crippen LogP contribution in [0.3, 0.4) is 0 Å². The first kappa shape index (κ1) is 24.3. The number of nitrogens with zero attached hydrogens (tertiary/aromatic N) is 4. The van der Waals surface area contributed by atoms with Crippen molar-refractivity contribution < 1.29 is 13.9 Å². The predicted octanol–water partition coefficient (Wildman–Crippen LogP) is 4.07. The van der Waals surface area contributed by atoms with E-state index in [4.69, 9.17) is 10.6 Å². The smallest absolute Gasteiger partial charge is 0.233 e. The van der Waals surface area contributed by atoms with Gasteiger partial charge in [0.15, 0.2) is 17.4 Å². The molecular weight excluding hydrogens is 465 g/mol. The summed E-state index contributed by atoms with van der Waals surface area (Å²) in [5, 5.41) is 8.47. The van der Waals surface area contributed by atoms with E-state index in [-0.39, 0.29) is 24.0 Å². The average molecular weight is 492 g/mol. The molecule has 2 N–H and O–H groups in total. The number of hydrogen-bond donors (Lipinski definition) is 1. The van der Waals surface area contributed by atoms with Crippen molar-refractivity contribution in [3.63, 3.8) is 0 Å². The highest BCUT2D eigenvalue weighted by atomic mass is 32.2. The Morgan fingerprint density at radius 1 is 0.943 bits per heavy atom. The van der Waals surface area contributed by atoms with Crippen LogP contribution in [-0.4, -0.2) is 38.0 Å². The van der Waals surface area contributed by atoms with Gasteiger partial charge < -0.3 is 15.5 Å². The fourth-order valence-electron chi connectivity index (χ4n) is 3.43. The van der Waals surface area contributed by atoms with Gasteiger partial charge in [0.1, 0.15) is 6.61 Å². The molecule has 9 heteroatoms. The van der Waals surface area contributed by atoms with Gasteiger partial charge in [0.25, 0.3) is 0 Å². The van der Waals surface area contributed by atoms with Crippen LogP contribution in [0.15, 0.2) is 90.1 Å². The van der Waals surface area contributed by atoms with Crippen LogP contribution >= 0.6 is 11.8 Å². The third-order valence-electron chi connectivity index (χ3n) is 5.34. The number of hydrogen-bond acceptors (Lipinski definition) is 6. The molecule has 0 atom stereocenters. The Bertz CT molecular complexity index is 1240. The molecule has 0 radical (unpaired) electrons. The van der Waals surface area contributed by atoms with E-state index in [0.29, 0.717) is 24.1 Å². The molecule has 0 aliphatic rings. The molecule has 0 unspecified atom stereocenters. The molecule has 4 rings (SSSR count). The number of halogens is 1. The molecule has 180 valence electrons. The molecule has 3 aromatic carbocycles. The summed E-state index contributed by atoms with van der Waals surface area (Å²) in [5.74, 6) is 6.20. The van der Waals surface area contributed by atoms with Gasteiger partial charge >= 0.3 is 0 Å². The van der Waals surface area contributed by atoms with Crippen molar-refractivity contribution >= 4 is 17.7 Å². The molecule has 0 aliphatic heterocycles. The van der Waals surface area contributed by atoms with Crippen molar-refractivity contribution in [3.05, 3.63) is 108 Å². The van der Waals surface area contributed by atoms with Crippen LogP contribution in [0, 0.1) is 5.82 Å². The van der Waals surface area contributed by atoms with Crippen LogP contribution in [0.2, 0.25) is 0 Å². The number of amides is 1. The van der Waals surface area contributed by atoms with E-state index in [9.17, 15) is 9.18 Å². The quantitative estimate of drug-likeness (QED) is 0.251. The lowest BCUT2D eigenvalue weighted by Gasteiger charge is -2.23. The van der Waals surface area contributed by atoms with Crippen molar-refractivity contribution in [2.75, 3.05) is 18.1 Å². The summed E-state index contributed by atoms with van der Waals surface area (Å²) < 4.78 is 20.5. The summed E-state index contributed by atoms with van der Waals surface area (Å²) in [6.45, 7) is 1.07. The lowest BCUT2D eigenvalue weighted by atomic mass is 10.1. The molecule has 0 aliphatic carbocycles. The molecule has 0 saturated heterocycles. The highest BCUT2D eigenvalue weighted by Crippen LogP contribution is 2.19. The lowest BCUT2D eigenvalue weighted by Crippen LogP contribution is -2.34. The number of rotatable bonds is 11. The Morgan fingerprint density at radius 2 is 1.60 bits per heavy atom. The second kappa shape index (κ2) is 12.0. The summed E-state index contributed by atoms with van der Waals surface area (Å²) in [6, 6.07) is 26.1. The highest BCUT2D eigenvalue weighted by molar-refractivity contribution is 7.99. The summed E-state index contributed by atoms with van der Waals surface area (Å²) in [5.41, 5.74) is 2.24. The Balaban J connectivity index is 1.37. The summed E-state index contributed by atoms with van der Waals surface area (Å²) in [4.78, 5) is 15.0. The number of aromatic nitrogens is 3. The zero-order chi connectivity index (χ0) is 24.5. The van der Waals surface area contributed by atoms with Gasteiger partial charge in [-0.05, 0) is 29.7 Å². The number of carbonyl (C=O) groups is 1. The van der Waals surface area contributed by atoms with E-state index >= 15 is 0 Å². The monoisotopic (exact) mass is 491 g/mol. The van der Waals surface area contributed by atoms with Gasteiger partial charge in [-0.1, -0.05) is 84.6 Å². The SMILES string of the molecule is Nn1c(COc2ccccc2F)nnc1SCC(=O)N(CCc1ccccc1)Cc1ccccc1. The van der Waals surface area contributed by atoms with E-state index in [1.165, 1.54) is 34.1 Å². The van der Waals surface area contributed by atoms with Crippen LogP contribution in [0.5, 0.6) is 5.75 Å². The van der Waals surface area contributed by atoms with E-state index in [0.717, 1.165) is 12.0 Å².